The Morgan fingerprint density at radius 1 is 1.47 bits per heavy atom. The Kier molecular flexibility index (Phi) is 4.75. The molecule has 17 heavy (non-hydrogen) atoms. The lowest BCUT2D eigenvalue weighted by Gasteiger charge is -2.10. The van der Waals surface area contributed by atoms with Crippen LogP contribution in [0.4, 0.5) is 5.69 Å². The van der Waals surface area contributed by atoms with Crippen LogP contribution in [0.25, 0.3) is 0 Å². The lowest BCUT2D eigenvalue weighted by molar-refractivity contribution is 0.553. The predicted molar refractivity (Wildman–Crippen MR) is 76.6 cm³/mol. The summed E-state index contributed by atoms with van der Waals surface area (Å²) in [6, 6.07) is 7.06. The third kappa shape index (κ3) is 3.65. The highest BCUT2D eigenvalue weighted by atomic mass is 32.2. The fourth-order valence-corrected chi connectivity index (χ4v) is 3.32. The minimum Gasteiger partial charge on any atom is -0.398 e. The Balaban J connectivity index is 1.72. The van der Waals surface area contributed by atoms with Gasteiger partial charge >= 0.3 is 0 Å². The third-order valence-electron chi connectivity index (χ3n) is 3.40. The zero-order valence-corrected chi connectivity index (χ0v) is 11.4. The molecule has 1 heterocycles. The number of hydrogen-bond donors (Lipinski definition) is 2. The molecule has 1 saturated heterocycles. The summed E-state index contributed by atoms with van der Waals surface area (Å²) in [5, 5.41) is 3.54. The van der Waals surface area contributed by atoms with E-state index in [9.17, 15) is 0 Å². The molecule has 1 atom stereocenters. The van der Waals surface area contributed by atoms with Crippen LogP contribution in [0.15, 0.2) is 23.1 Å². The molecule has 1 aromatic carbocycles. The lowest BCUT2D eigenvalue weighted by atomic mass is 10.1. The van der Waals surface area contributed by atoms with Crippen LogP contribution in [0, 0.1) is 6.92 Å². The van der Waals surface area contributed by atoms with Crippen LogP contribution in [-0.4, -0.2) is 18.3 Å². The first-order valence-corrected chi connectivity index (χ1v) is 7.47. The van der Waals surface area contributed by atoms with Crippen molar-refractivity contribution in [3.63, 3.8) is 0 Å². The van der Waals surface area contributed by atoms with Crippen molar-refractivity contribution in [3.8, 4) is 0 Å². The van der Waals surface area contributed by atoms with Gasteiger partial charge < -0.3 is 11.1 Å². The molecule has 1 unspecified atom stereocenters. The van der Waals surface area contributed by atoms with E-state index in [0.717, 1.165) is 11.7 Å². The quantitative estimate of drug-likeness (QED) is 0.479. The maximum absolute atomic E-state index is 6.05. The van der Waals surface area contributed by atoms with E-state index in [0.29, 0.717) is 0 Å². The maximum atomic E-state index is 6.05. The minimum absolute atomic E-state index is 0.769. The van der Waals surface area contributed by atoms with E-state index in [2.05, 4.69) is 30.4 Å². The molecule has 0 amide bonds. The van der Waals surface area contributed by atoms with Crippen LogP contribution in [0.3, 0.4) is 0 Å². The van der Waals surface area contributed by atoms with Crippen molar-refractivity contribution in [2.24, 2.45) is 0 Å². The van der Waals surface area contributed by atoms with E-state index >= 15 is 0 Å². The summed E-state index contributed by atoms with van der Waals surface area (Å²) in [5.74, 6) is 1.17. The number of nitrogens with one attached hydrogen (secondary N) is 1. The fraction of sp³-hybridized carbons (Fsp3) is 0.571. The molecule has 0 aromatic heterocycles. The van der Waals surface area contributed by atoms with Gasteiger partial charge in [0.25, 0.3) is 0 Å². The van der Waals surface area contributed by atoms with Crippen molar-refractivity contribution in [3.05, 3.63) is 23.8 Å². The summed E-state index contributed by atoms with van der Waals surface area (Å²) in [6.07, 6.45) is 5.29. The van der Waals surface area contributed by atoms with Gasteiger partial charge in [0.15, 0.2) is 0 Å². The topological polar surface area (TPSA) is 38.0 Å². The van der Waals surface area contributed by atoms with Gasteiger partial charge in [-0.2, -0.15) is 0 Å². The van der Waals surface area contributed by atoms with Gasteiger partial charge in [-0.25, -0.2) is 0 Å². The Hall–Kier alpha value is -0.670. The summed E-state index contributed by atoms with van der Waals surface area (Å²) < 4.78 is 0. The molecule has 2 nitrogen and oxygen atoms in total. The molecule has 3 heteroatoms. The van der Waals surface area contributed by atoms with Crippen molar-refractivity contribution < 1.29 is 0 Å². The highest BCUT2D eigenvalue weighted by Gasteiger charge is 2.13. The molecule has 94 valence electrons. The van der Waals surface area contributed by atoms with Gasteiger partial charge in [0, 0.05) is 16.6 Å². The van der Waals surface area contributed by atoms with Crippen LogP contribution >= 0.6 is 11.8 Å². The Labute approximate surface area is 108 Å². The lowest BCUT2D eigenvalue weighted by Crippen LogP contribution is -2.20. The molecule has 0 bridgehead atoms. The van der Waals surface area contributed by atoms with E-state index in [1.807, 2.05) is 11.8 Å². The number of anilines is 1. The van der Waals surface area contributed by atoms with E-state index in [-0.39, 0.29) is 0 Å². The number of hydrogen-bond acceptors (Lipinski definition) is 3. The smallest absolute Gasteiger partial charge is 0.0481 e. The van der Waals surface area contributed by atoms with E-state index in [1.54, 1.807) is 0 Å². The number of rotatable bonds is 5. The van der Waals surface area contributed by atoms with Crippen molar-refractivity contribution in [2.75, 3.05) is 18.0 Å². The second kappa shape index (κ2) is 6.31. The van der Waals surface area contributed by atoms with Gasteiger partial charge in [0.1, 0.15) is 0 Å². The number of para-hydroxylation sites is 1. The molecule has 2 rings (SSSR count). The molecule has 1 fully saturated rings. The van der Waals surface area contributed by atoms with Crippen molar-refractivity contribution >= 4 is 17.4 Å². The SMILES string of the molecule is Cc1cccc(SCCCC2CCCN2)c1N. The minimum atomic E-state index is 0.769. The Morgan fingerprint density at radius 3 is 3.12 bits per heavy atom. The van der Waals surface area contributed by atoms with E-state index in [4.69, 9.17) is 5.73 Å². The largest absolute Gasteiger partial charge is 0.398 e. The van der Waals surface area contributed by atoms with Gasteiger partial charge in [-0.3, -0.25) is 0 Å². The molecular weight excluding hydrogens is 228 g/mol. The maximum Gasteiger partial charge on any atom is 0.0481 e. The highest BCUT2D eigenvalue weighted by molar-refractivity contribution is 7.99. The monoisotopic (exact) mass is 250 g/mol. The fourth-order valence-electron chi connectivity index (χ4n) is 2.29. The highest BCUT2D eigenvalue weighted by Crippen LogP contribution is 2.28. The van der Waals surface area contributed by atoms with Crippen LogP contribution in [-0.2, 0) is 0 Å². The van der Waals surface area contributed by atoms with E-state index < -0.39 is 0 Å². The molecule has 0 spiro atoms. The first-order chi connectivity index (χ1) is 8.27. The molecule has 1 aromatic rings. The molecule has 1 aliphatic heterocycles. The summed E-state index contributed by atoms with van der Waals surface area (Å²) >= 11 is 1.89. The number of nitrogens with two attached hydrogens (primary N) is 1. The normalized spacial score (nSPS) is 19.7. The average Bonchev–Trinajstić information content (AvgIpc) is 2.83. The van der Waals surface area contributed by atoms with Crippen LogP contribution in [0.1, 0.15) is 31.2 Å². The van der Waals surface area contributed by atoms with Crippen molar-refractivity contribution in [1.82, 2.24) is 5.32 Å². The molecule has 0 radical (unpaired) electrons. The standard InChI is InChI=1S/C14H22N2S/c1-11-5-2-8-13(14(11)15)17-10-4-7-12-6-3-9-16-12/h2,5,8,12,16H,3-4,6-7,9-10,15H2,1H3. The van der Waals surface area contributed by atoms with Crippen molar-refractivity contribution in [1.29, 1.82) is 0 Å². The number of benzene rings is 1. The van der Waals surface area contributed by atoms with Gasteiger partial charge in [-0.15, -0.1) is 11.8 Å². The van der Waals surface area contributed by atoms with Crippen LogP contribution in [0.5, 0.6) is 0 Å². The average molecular weight is 250 g/mol. The second-order valence-electron chi connectivity index (χ2n) is 4.77. The van der Waals surface area contributed by atoms with Crippen LogP contribution in [0.2, 0.25) is 0 Å². The molecule has 0 saturated carbocycles. The second-order valence-corrected chi connectivity index (χ2v) is 5.91. The Morgan fingerprint density at radius 2 is 2.35 bits per heavy atom. The zero-order valence-electron chi connectivity index (χ0n) is 10.5. The van der Waals surface area contributed by atoms with Crippen LogP contribution < -0.4 is 11.1 Å². The third-order valence-corrected chi connectivity index (χ3v) is 4.56. The van der Waals surface area contributed by atoms with Gasteiger partial charge in [-0.05, 0) is 56.5 Å². The number of thioether (sulfide) groups is 1. The summed E-state index contributed by atoms with van der Waals surface area (Å²) in [7, 11) is 0. The Bertz CT molecular complexity index is 359. The van der Waals surface area contributed by atoms with Gasteiger partial charge in [0.05, 0.1) is 0 Å². The summed E-state index contributed by atoms with van der Waals surface area (Å²) in [6.45, 7) is 3.28. The van der Waals surface area contributed by atoms with Gasteiger partial charge in [-0.1, -0.05) is 12.1 Å². The van der Waals surface area contributed by atoms with Crippen molar-refractivity contribution in [2.45, 2.75) is 43.5 Å². The molecule has 3 N–H and O–H groups in total. The number of nitrogen functional groups attached to an aromatic ring is 1. The first kappa shape index (κ1) is 12.8. The molecule has 0 aliphatic carbocycles. The number of aryl methyl sites for hydroxylation is 1. The predicted octanol–water partition coefficient (Wildman–Crippen LogP) is 3.20. The zero-order chi connectivity index (χ0) is 12.1. The molecule has 1 aliphatic rings. The van der Waals surface area contributed by atoms with Gasteiger partial charge in [0.2, 0.25) is 0 Å². The summed E-state index contributed by atoms with van der Waals surface area (Å²) in [5.41, 5.74) is 8.20. The van der Waals surface area contributed by atoms with E-state index in [1.165, 1.54) is 48.4 Å². The summed E-state index contributed by atoms with van der Waals surface area (Å²) in [4.78, 5) is 1.24. The first-order valence-electron chi connectivity index (χ1n) is 6.48. The molecular formula is C14H22N2S.